The Morgan fingerprint density at radius 2 is 1.94 bits per heavy atom. The summed E-state index contributed by atoms with van der Waals surface area (Å²) < 4.78 is 31.9. The van der Waals surface area contributed by atoms with Gasteiger partial charge in [0.2, 0.25) is 5.88 Å². The zero-order valence-electron chi connectivity index (χ0n) is 17.5. The molecule has 0 radical (unpaired) electrons. The van der Waals surface area contributed by atoms with Crippen molar-refractivity contribution in [3.8, 4) is 22.8 Å². The summed E-state index contributed by atoms with van der Waals surface area (Å²) in [5.41, 5.74) is 9.69. The quantitative estimate of drug-likeness (QED) is 0.576. The third-order valence-electron chi connectivity index (χ3n) is 6.23. The van der Waals surface area contributed by atoms with Crippen LogP contribution in [0.1, 0.15) is 23.1 Å². The maximum atomic E-state index is 14.6. The van der Waals surface area contributed by atoms with Crippen molar-refractivity contribution in [3.05, 3.63) is 82.3 Å². The molecule has 0 saturated heterocycles. The molecule has 6 rings (SSSR count). The van der Waals surface area contributed by atoms with Crippen LogP contribution < -0.4 is 10.5 Å². The Morgan fingerprint density at radius 3 is 2.73 bits per heavy atom. The van der Waals surface area contributed by atoms with Crippen LogP contribution in [-0.2, 0) is 15.0 Å². The number of ether oxygens (including phenoxy) is 3. The highest BCUT2D eigenvalue weighted by Gasteiger charge is 2.48. The molecule has 8 heteroatoms. The smallest absolute Gasteiger partial charge is 0.283 e. The van der Waals surface area contributed by atoms with Gasteiger partial charge in [-0.15, -0.1) is 0 Å². The summed E-state index contributed by atoms with van der Waals surface area (Å²) in [6.07, 6.45) is 4.65. The number of aromatic nitrogens is 1. The van der Waals surface area contributed by atoms with Gasteiger partial charge in [0.25, 0.3) is 6.02 Å². The summed E-state index contributed by atoms with van der Waals surface area (Å²) in [6, 6.07) is 12.0. The number of nitrogens with zero attached hydrogens (tertiary/aromatic N) is 2. The van der Waals surface area contributed by atoms with Gasteiger partial charge >= 0.3 is 0 Å². The van der Waals surface area contributed by atoms with E-state index in [1.54, 1.807) is 24.4 Å². The lowest BCUT2D eigenvalue weighted by molar-refractivity contribution is 0.161. The number of rotatable bonds is 2. The van der Waals surface area contributed by atoms with E-state index in [2.05, 4.69) is 11.1 Å². The van der Waals surface area contributed by atoms with Crippen molar-refractivity contribution in [3.63, 3.8) is 0 Å². The zero-order chi connectivity index (χ0) is 22.6. The molecule has 1 atom stereocenters. The normalized spacial score (nSPS) is 20.9. The number of hydrogen-bond donors (Lipinski definition) is 1. The minimum Gasteiger partial charge on any atom is -0.462 e. The highest BCUT2D eigenvalue weighted by molar-refractivity contribution is 6.30. The largest absolute Gasteiger partial charge is 0.462 e. The predicted molar refractivity (Wildman–Crippen MR) is 123 cm³/mol. The van der Waals surface area contributed by atoms with Crippen LogP contribution in [0.4, 0.5) is 4.39 Å². The van der Waals surface area contributed by atoms with Crippen LogP contribution in [0.2, 0.25) is 5.02 Å². The second-order valence-electron chi connectivity index (χ2n) is 8.17. The van der Waals surface area contributed by atoms with Gasteiger partial charge in [-0.2, -0.15) is 0 Å². The molecule has 33 heavy (non-hydrogen) atoms. The minimum absolute atomic E-state index is 0.0869. The lowest BCUT2D eigenvalue weighted by atomic mass is 9.80. The summed E-state index contributed by atoms with van der Waals surface area (Å²) in [4.78, 5) is 9.31. The molecule has 3 aliphatic rings. The van der Waals surface area contributed by atoms with E-state index in [1.807, 2.05) is 12.1 Å². The SMILES string of the molecule is NC1=N[C@@]2(CO1)c1cc(-c3cc(Cl)ccc3F)ccc1Oc1ncc(C3=CCOCC3)cc12. The Kier molecular flexibility index (Phi) is 4.64. The van der Waals surface area contributed by atoms with Crippen molar-refractivity contribution >= 4 is 23.2 Å². The first-order valence-electron chi connectivity index (χ1n) is 10.6. The Hall–Kier alpha value is -3.42. The summed E-state index contributed by atoms with van der Waals surface area (Å²) in [5.74, 6) is 0.649. The lowest BCUT2D eigenvalue weighted by Gasteiger charge is -2.33. The molecular formula is C25H19ClFN3O3. The van der Waals surface area contributed by atoms with Crippen molar-refractivity contribution in [1.82, 2.24) is 4.98 Å². The topological polar surface area (TPSA) is 79.0 Å². The van der Waals surface area contributed by atoms with E-state index in [9.17, 15) is 4.39 Å². The number of aliphatic imine (C=N–C) groups is 1. The van der Waals surface area contributed by atoms with E-state index in [1.165, 1.54) is 12.1 Å². The van der Waals surface area contributed by atoms with Crippen LogP contribution in [0.25, 0.3) is 16.7 Å². The number of hydrogen-bond acceptors (Lipinski definition) is 6. The zero-order valence-corrected chi connectivity index (χ0v) is 18.2. The molecule has 166 valence electrons. The molecule has 0 fully saturated rings. The van der Waals surface area contributed by atoms with E-state index in [0.717, 1.165) is 28.7 Å². The van der Waals surface area contributed by atoms with E-state index < -0.39 is 5.54 Å². The van der Waals surface area contributed by atoms with E-state index in [-0.39, 0.29) is 18.4 Å². The van der Waals surface area contributed by atoms with Crippen LogP contribution in [-0.4, -0.2) is 30.8 Å². The maximum absolute atomic E-state index is 14.6. The van der Waals surface area contributed by atoms with Crippen molar-refractivity contribution in [2.75, 3.05) is 19.8 Å². The maximum Gasteiger partial charge on any atom is 0.283 e. The first kappa shape index (κ1) is 20.2. The second-order valence-corrected chi connectivity index (χ2v) is 8.60. The summed E-state index contributed by atoms with van der Waals surface area (Å²) in [5, 5.41) is 0.450. The average molecular weight is 464 g/mol. The molecule has 1 aromatic heterocycles. The number of amidine groups is 1. The van der Waals surface area contributed by atoms with Crippen LogP contribution in [0.3, 0.4) is 0 Å². The van der Waals surface area contributed by atoms with Gasteiger partial charge in [-0.1, -0.05) is 23.7 Å². The fraction of sp³-hybridized carbons (Fsp3) is 0.200. The molecule has 1 spiro atoms. The van der Waals surface area contributed by atoms with Gasteiger partial charge in [0, 0.05) is 22.3 Å². The Balaban J connectivity index is 1.54. The molecule has 0 unspecified atom stereocenters. The second kappa shape index (κ2) is 7.57. The van der Waals surface area contributed by atoms with E-state index in [0.29, 0.717) is 41.0 Å². The standard InChI is InChI=1S/C25H19ClFN3O3/c26-17-2-3-21(27)18(11-17)15-1-4-22-19(9-15)25(13-32-24(28)30-25)20-10-16(12-29-23(20)33-22)14-5-7-31-8-6-14/h1-5,9-12H,6-8,13H2,(H2,28,30)/t25-/m0/s1. The third kappa shape index (κ3) is 3.27. The van der Waals surface area contributed by atoms with Gasteiger partial charge in [0.15, 0.2) is 5.54 Å². The number of fused-ring (bicyclic) bond motifs is 4. The molecule has 2 N–H and O–H groups in total. The molecule has 0 bridgehead atoms. The molecule has 0 aliphatic carbocycles. The van der Waals surface area contributed by atoms with Crippen molar-refractivity contribution in [2.24, 2.45) is 10.7 Å². The van der Waals surface area contributed by atoms with Crippen LogP contribution in [0, 0.1) is 5.82 Å². The highest BCUT2D eigenvalue weighted by Crippen LogP contribution is 2.51. The van der Waals surface area contributed by atoms with Crippen LogP contribution in [0.5, 0.6) is 11.6 Å². The average Bonchev–Trinajstić information content (AvgIpc) is 3.23. The van der Waals surface area contributed by atoms with Gasteiger partial charge in [-0.25, -0.2) is 14.4 Å². The van der Waals surface area contributed by atoms with Gasteiger partial charge in [0.1, 0.15) is 18.2 Å². The van der Waals surface area contributed by atoms with Crippen LogP contribution >= 0.6 is 11.6 Å². The van der Waals surface area contributed by atoms with Crippen molar-refractivity contribution < 1.29 is 18.6 Å². The summed E-state index contributed by atoms with van der Waals surface area (Å²) in [7, 11) is 0. The highest BCUT2D eigenvalue weighted by atomic mass is 35.5. The fourth-order valence-electron chi connectivity index (χ4n) is 4.58. The summed E-state index contributed by atoms with van der Waals surface area (Å²) >= 11 is 6.14. The number of nitrogens with two attached hydrogens (primary N) is 1. The fourth-order valence-corrected chi connectivity index (χ4v) is 4.75. The van der Waals surface area contributed by atoms with E-state index in [4.69, 9.17) is 36.5 Å². The van der Waals surface area contributed by atoms with Gasteiger partial charge in [0.05, 0.1) is 18.8 Å². The molecule has 2 aromatic carbocycles. The number of halogens is 2. The molecule has 3 aromatic rings. The van der Waals surface area contributed by atoms with Gasteiger partial charge < -0.3 is 19.9 Å². The molecular weight excluding hydrogens is 445 g/mol. The summed E-state index contributed by atoms with van der Waals surface area (Å²) in [6.45, 7) is 1.42. The van der Waals surface area contributed by atoms with Gasteiger partial charge in [-0.3, -0.25) is 0 Å². The number of pyridine rings is 1. The monoisotopic (exact) mass is 463 g/mol. The minimum atomic E-state index is -0.952. The molecule has 6 nitrogen and oxygen atoms in total. The van der Waals surface area contributed by atoms with Crippen LogP contribution in [0.15, 0.2) is 59.7 Å². The number of benzene rings is 2. The van der Waals surface area contributed by atoms with Crippen molar-refractivity contribution in [1.29, 1.82) is 0 Å². The predicted octanol–water partition coefficient (Wildman–Crippen LogP) is 5.04. The van der Waals surface area contributed by atoms with Crippen molar-refractivity contribution in [2.45, 2.75) is 12.0 Å². The first-order chi connectivity index (χ1) is 16.0. The molecule has 3 aliphatic heterocycles. The van der Waals surface area contributed by atoms with E-state index >= 15 is 0 Å². The Bertz CT molecular complexity index is 1360. The third-order valence-corrected chi connectivity index (χ3v) is 6.47. The first-order valence-corrected chi connectivity index (χ1v) is 10.9. The molecule has 4 heterocycles. The molecule has 0 saturated carbocycles. The Morgan fingerprint density at radius 1 is 1.06 bits per heavy atom. The lowest BCUT2D eigenvalue weighted by Crippen LogP contribution is -2.31. The molecule has 0 amide bonds. The van der Waals surface area contributed by atoms with Gasteiger partial charge in [-0.05, 0) is 59.5 Å². The Labute approximate surface area is 194 Å².